The maximum atomic E-state index is 12.0. The smallest absolute Gasteiger partial charge is 0.308 e. The molecule has 2 unspecified atom stereocenters. The second-order valence-corrected chi connectivity index (χ2v) is 6.22. The van der Waals surface area contributed by atoms with E-state index < -0.39 is 17.9 Å². The zero-order valence-corrected chi connectivity index (χ0v) is 12.7. The molecule has 0 aliphatic heterocycles. The summed E-state index contributed by atoms with van der Waals surface area (Å²) in [4.78, 5) is 22.9. The highest BCUT2D eigenvalue weighted by Gasteiger charge is 2.21. The van der Waals surface area contributed by atoms with Crippen LogP contribution in [-0.4, -0.2) is 23.0 Å². The summed E-state index contributed by atoms with van der Waals surface area (Å²) in [6.07, 6.45) is 0. The summed E-state index contributed by atoms with van der Waals surface area (Å²) in [5.41, 5.74) is 1.74. The maximum absolute atomic E-state index is 12.0. The first-order valence-electron chi connectivity index (χ1n) is 6.77. The summed E-state index contributed by atoms with van der Waals surface area (Å²) in [7, 11) is 0. The van der Waals surface area contributed by atoms with E-state index >= 15 is 0 Å². The van der Waals surface area contributed by atoms with Crippen molar-refractivity contribution in [2.24, 2.45) is 5.92 Å². The SMILES string of the molecule is CC(NC(=O)c1ccc(C(C)(C)C)cc1)C(C)C(=O)O. The first kappa shape index (κ1) is 16.2. The number of carbonyl (C=O) groups is 2. The van der Waals surface area contributed by atoms with Crippen LogP contribution in [0.25, 0.3) is 0 Å². The van der Waals surface area contributed by atoms with E-state index in [4.69, 9.17) is 5.11 Å². The Bertz CT molecular complexity index is 485. The topological polar surface area (TPSA) is 66.4 Å². The third kappa shape index (κ3) is 4.08. The number of amides is 1. The Morgan fingerprint density at radius 1 is 1.10 bits per heavy atom. The standard InChI is InChI=1S/C16H23NO3/c1-10(15(19)20)11(2)17-14(18)12-6-8-13(9-7-12)16(3,4)5/h6-11H,1-5H3,(H,17,18)(H,19,20). The lowest BCUT2D eigenvalue weighted by Crippen LogP contribution is -2.40. The fourth-order valence-electron chi connectivity index (χ4n) is 1.75. The van der Waals surface area contributed by atoms with Crippen molar-refractivity contribution >= 4 is 11.9 Å². The van der Waals surface area contributed by atoms with E-state index in [2.05, 4.69) is 26.1 Å². The van der Waals surface area contributed by atoms with Gasteiger partial charge in [0.1, 0.15) is 0 Å². The van der Waals surface area contributed by atoms with Gasteiger partial charge in [-0.25, -0.2) is 0 Å². The molecule has 1 rings (SSSR count). The minimum atomic E-state index is -0.916. The van der Waals surface area contributed by atoms with Gasteiger partial charge in [0, 0.05) is 11.6 Å². The molecular weight excluding hydrogens is 254 g/mol. The Morgan fingerprint density at radius 3 is 2.00 bits per heavy atom. The third-order valence-electron chi connectivity index (χ3n) is 3.51. The number of nitrogens with one attached hydrogen (secondary N) is 1. The van der Waals surface area contributed by atoms with Gasteiger partial charge in [-0.2, -0.15) is 0 Å². The molecule has 0 aromatic heterocycles. The van der Waals surface area contributed by atoms with Crippen molar-refractivity contribution in [1.82, 2.24) is 5.32 Å². The lowest BCUT2D eigenvalue weighted by atomic mass is 9.86. The minimum Gasteiger partial charge on any atom is -0.481 e. The number of carbonyl (C=O) groups excluding carboxylic acids is 1. The average Bonchev–Trinajstić information content (AvgIpc) is 2.36. The van der Waals surface area contributed by atoms with Gasteiger partial charge in [0.2, 0.25) is 0 Å². The Morgan fingerprint density at radius 2 is 1.60 bits per heavy atom. The van der Waals surface area contributed by atoms with Crippen LogP contribution in [0.4, 0.5) is 0 Å². The quantitative estimate of drug-likeness (QED) is 0.889. The summed E-state index contributed by atoms with van der Waals surface area (Å²) in [5, 5.41) is 11.6. The molecule has 0 radical (unpaired) electrons. The molecular formula is C16H23NO3. The second kappa shape index (κ2) is 6.07. The van der Waals surface area contributed by atoms with Gasteiger partial charge < -0.3 is 10.4 Å². The fourth-order valence-corrected chi connectivity index (χ4v) is 1.75. The van der Waals surface area contributed by atoms with Crippen LogP contribution in [0.2, 0.25) is 0 Å². The van der Waals surface area contributed by atoms with E-state index in [1.54, 1.807) is 26.0 Å². The van der Waals surface area contributed by atoms with Gasteiger partial charge in [0.25, 0.3) is 5.91 Å². The van der Waals surface area contributed by atoms with E-state index in [-0.39, 0.29) is 11.3 Å². The fraction of sp³-hybridized carbons (Fsp3) is 0.500. The molecule has 2 N–H and O–H groups in total. The lowest BCUT2D eigenvalue weighted by Gasteiger charge is -2.20. The van der Waals surface area contributed by atoms with Gasteiger partial charge in [-0.3, -0.25) is 9.59 Å². The van der Waals surface area contributed by atoms with Crippen LogP contribution in [0.15, 0.2) is 24.3 Å². The molecule has 0 aliphatic carbocycles. The Hall–Kier alpha value is -1.84. The van der Waals surface area contributed by atoms with Crippen molar-refractivity contribution in [3.63, 3.8) is 0 Å². The molecule has 4 heteroatoms. The highest BCUT2D eigenvalue weighted by atomic mass is 16.4. The first-order chi connectivity index (χ1) is 9.12. The molecule has 0 spiro atoms. The Balaban J connectivity index is 2.76. The van der Waals surface area contributed by atoms with E-state index in [1.807, 2.05) is 12.1 Å². The Kier molecular flexibility index (Phi) is 4.93. The molecule has 1 aromatic carbocycles. The van der Waals surface area contributed by atoms with E-state index in [0.717, 1.165) is 5.56 Å². The van der Waals surface area contributed by atoms with Crippen molar-refractivity contribution in [2.45, 2.75) is 46.1 Å². The number of rotatable bonds is 4. The Labute approximate surface area is 120 Å². The predicted molar refractivity (Wildman–Crippen MR) is 78.9 cm³/mol. The van der Waals surface area contributed by atoms with E-state index in [0.29, 0.717) is 5.56 Å². The number of carboxylic acid groups (broad SMARTS) is 1. The number of hydrogen-bond acceptors (Lipinski definition) is 2. The minimum absolute atomic E-state index is 0.0418. The molecule has 4 nitrogen and oxygen atoms in total. The largest absolute Gasteiger partial charge is 0.481 e. The highest BCUT2D eigenvalue weighted by Crippen LogP contribution is 2.22. The number of carboxylic acids is 1. The van der Waals surface area contributed by atoms with Crippen LogP contribution in [0, 0.1) is 5.92 Å². The molecule has 1 aromatic rings. The zero-order valence-electron chi connectivity index (χ0n) is 12.7. The predicted octanol–water partition coefficient (Wildman–Crippen LogP) is 2.82. The van der Waals surface area contributed by atoms with Crippen molar-refractivity contribution < 1.29 is 14.7 Å². The lowest BCUT2D eigenvalue weighted by molar-refractivity contribution is -0.141. The third-order valence-corrected chi connectivity index (χ3v) is 3.51. The van der Waals surface area contributed by atoms with Crippen LogP contribution in [0.3, 0.4) is 0 Å². The molecule has 110 valence electrons. The molecule has 0 heterocycles. The molecule has 0 saturated carbocycles. The monoisotopic (exact) mass is 277 g/mol. The molecule has 1 amide bonds. The summed E-state index contributed by atoms with van der Waals surface area (Å²) in [5.74, 6) is -1.78. The normalized spacial score (nSPS) is 14.4. The van der Waals surface area contributed by atoms with Crippen LogP contribution in [0.5, 0.6) is 0 Å². The van der Waals surface area contributed by atoms with Gasteiger partial charge in [-0.1, -0.05) is 32.9 Å². The van der Waals surface area contributed by atoms with Gasteiger partial charge in [0.05, 0.1) is 5.92 Å². The molecule has 0 fully saturated rings. The molecule has 2 atom stereocenters. The summed E-state index contributed by atoms with van der Waals surface area (Å²) < 4.78 is 0. The number of benzene rings is 1. The molecule has 20 heavy (non-hydrogen) atoms. The van der Waals surface area contributed by atoms with Crippen LogP contribution < -0.4 is 5.32 Å². The summed E-state index contributed by atoms with van der Waals surface area (Å²) in [6, 6.07) is 6.99. The van der Waals surface area contributed by atoms with Crippen molar-refractivity contribution in [1.29, 1.82) is 0 Å². The van der Waals surface area contributed by atoms with Gasteiger partial charge in [-0.15, -0.1) is 0 Å². The van der Waals surface area contributed by atoms with Gasteiger partial charge in [-0.05, 0) is 37.0 Å². The van der Waals surface area contributed by atoms with Gasteiger partial charge >= 0.3 is 5.97 Å². The zero-order chi connectivity index (χ0) is 15.5. The van der Waals surface area contributed by atoms with Gasteiger partial charge in [0.15, 0.2) is 0 Å². The molecule has 0 aliphatic rings. The van der Waals surface area contributed by atoms with Crippen molar-refractivity contribution in [3.8, 4) is 0 Å². The van der Waals surface area contributed by atoms with Crippen LogP contribution in [0.1, 0.15) is 50.5 Å². The van der Waals surface area contributed by atoms with Crippen LogP contribution in [-0.2, 0) is 10.2 Å². The average molecular weight is 277 g/mol. The molecule has 0 saturated heterocycles. The van der Waals surface area contributed by atoms with E-state index in [9.17, 15) is 9.59 Å². The molecule has 0 bridgehead atoms. The van der Waals surface area contributed by atoms with Crippen molar-refractivity contribution in [2.75, 3.05) is 0 Å². The maximum Gasteiger partial charge on any atom is 0.308 e. The van der Waals surface area contributed by atoms with Crippen molar-refractivity contribution in [3.05, 3.63) is 35.4 Å². The summed E-state index contributed by atoms with van der Waals surface area (Å²) in [6.45, 7) is 9.60. The number of hydrogen-bond donors (Lipinski definition) is 2. The van der Waals surface area contributed by atoms with Crippen LogP contribution >= 0.6 is 0 Å². The first-order valence-corrected chi connectivity index (χ1v) is 6.77. The summed E-state index contributed by atoms with van der Waals surface area (Å²) >= 11 is 0. The second-order valence-electron chi connectivity index (χ2n) is 6.22. The van der Waals surface area contributed by atoms with E-state index in [1.165, 1.54) is 0 Å². The number of aliphatic carboxylic acids is 1. The highest BCUT2D eigenvalue weighted by molar-refractivity contribution is 5.94.